The van der Waals surface area contributed by atoms with E-state index in [9.17, 15) is 9.59 Å². The van der Waals surface area contributed by atoms with Gasteiger partial charge < -0.3 is 4.74 Å². The number of methoxy groups -OCH3 is 1. The Balaban J connectivity index is 2.14. The predicted molar refractivity (Wildman–Crippen MR) is 67.7 cm³/mol. The molecule has 2 rings (SSSR count). The number of ether oxygens (including phenoxy) is 1. The van der Waals surface area contributed by atoms with Crippen molar-refractivity contribution in [1.29, 1.82) is 0 Å². The first-order chi connectivity index (χ1) is 8.11. The van der Waals surface area contributed by atoms with Crippen molar-refractivity contribution in [1.82, 2.24) is 0 Å². The predicted octanol–water partition coefficient (Wildman–Crippen LogP) is 2.98. The smallest absolute Gasteiger partial charge is 0.305 e. The largest absolute Gasteiger partial charge is 0.469 e. The number of benzene rings is 1. The lowest BCUT2D eigenvalue weighted by atomic mass is 10.1. The van der Waals surface area contributed by atoms with Crippen molar-refractivity contribution in [2.24, 2.45) is 0 Å². The summed E-state index contributed by atoms with van der Waals surface area (Å²) in [4.78, 5) is 23.0. The molecule has 4 heteroatoms. The Bertz CT molecular complexity index is 517. The summed E-state index contributed by atoms with van der Waals surface area (Å²) in [7, 11) is 1.35. The summed E-state index contributed by atoms with van der Waals surface area (Å²) in [5.41, 5.74) is 2.28. The zero-order valence-electron chi connectivity index (χ0n) is 9.33. The van der Waals surface area contributed by atoms with Crippen molar-refractivity contribution >= 4 is 33.8 Å². The molecule has 0 N–H and O–H groups in total. The van der Waals surface area contributed by atoms with E-state index in [-0.39, 0.29) is 18.2 Å². The van der Waals surface area contributed by atoms with Crippen LogP contribution in [0.5, 0.6) is 0 Å². The number of Topliss-reactive ketones (excluding diaryl/α,β-unsaturated/α-hetero) is 1. The lowest BCUT2D eigenvalue weighted by Crippen LogP contribution is -2.04. The molecule has 1 aliphatic carbocycles. The standard InChI is InChI=1S/C13H11BrO3/c1-17-12(15)5-3-9-6-8-2-4-10(14)7-11(8)13(9)16/h2,4,6-7H,3,5H2,1H3. The van der Waals surface area contributed by atoms with Gasteiger partial charge in [0, 0.05) is 22.0 Å². The van der Waals surface area contributed by atoms with Gasteiger partial charge in [-0.1, -0.05) is 22.0 Å². The second kappa shape index (κ2) is 4.84. The Labute approximate surface area is 108 Å². The van der Waals surface area contributed by atoms with Crippen molar-refractivity contribution < 1.29 is 14.3 Å². The molecular formula is C13H11BrO3. The highest BCUT2D eigenvalue weighted by Crippen LogP contribution is 2.29. The lowest BCUT2D eigenvalue weighted by Gasteiger charge is -2.00. The average Bonchev–Trinajstić information content (AvgIpc) is 2.63. The van der Waals surface area contributed by atoms with Gasteiger partial charge in [-0.15, -0.1) is 0 Å². The molecule has 0 saturated carbocycles. The van der Waals surface area contributed by atoms with E-state index < -0.39 is 0 Å². The molecule has 0 unspecified atom stereocenters. The van der Waals surface area contributed by atoms with Gasteiger partial charge in [0.25, 0.3) is 0 Å². The maximum absolute atomic E-state index is 12.0. The van der Waals surface area contributed by atoms with Gasteiger partial charge in [-0.2, -0.15) is 0 Å². The molecule has 17 heavy (non-hydrogen) atoms. The van der Waals surface area contributed by atoms with Crippen molar-refractivity contribution in [3.8, 4) is 0 Å². The number of halogens is 1. The van der Waals surface area contributed by atoms with E-state index in [2.05, 4.69) is 20.7 Å². The third-order valence-corrected chi connectivity index (χ3v) is 3.20. The van der Waals surface area contributed by atoms with Crippen molar-refractivity contribution in [3.63, 3.8) is 0 Å². The minimum atomic E-state index is -0.296. The number of fused-ring (bicyclic) bond motifs is 1. The first-order valence-electron chi connectivity index (χ1n) is 5.23. The summed E-state index contributed by atoms with van der Waals surface area (Å²) in [5, 5.41) is 0. The van der Waals surface area contributed by atoms with Crippen LogP contribution in [0.25, 0.3) is 6.08 Å². The van der Waals surface area contributed by atoms with Gasteiger partial charge >= 0.3 is 5.97 Å². The summed E-state index contributed by atoms with van der Waals surface area (Å²) >= 11 is 3.34. The summed E-state index contributed by atoms with van der Waals surface area (Å²) in [5.74, 6) is -0.291. The highest BCUT2D eigenvalue weighted by atomic mass is 79.9. The second-order valence-electron chi connectivity index (χ2n) is 3.81. The summed E-state index contributed by atoms with van der Waals surface area (Å²) < 4.78 is 5.44. The van der Waals surface area contributed by atoms with Gasteiger partial charge in [-0.25, -0.2) is 0 Å². The van der Waals surface area contributed by atoms with Crippen LogP contribution in [-0.2, 0) is 9.53 Å². The van der Waals surface area contributed by atoms with Crippen LogP contribution in [0.3, 0.4) is 0 Å². The van der Waals surface area contributed by atoms with E-state index in [0.717, 1.165) is 10.0 Å². The number of allylic oxidation sites excluding steroid dienone is 1. The van der Waals surface area contributed by atoms with Crippen LogP contribution in [0.4, 0.5) is 0 Å². The first kappa shape index (κ1) is 12.0. The second-order valence-corrected chi connectivity index (χ2v) is 4.72. The lowest BCUT2D eigenvalue weighted by molar-refractivity contribution is -0.140. The number of carbonyl (C=O) groups is 2. The SMILES string of the molecule is COC(=O)CCC1=Cc2ccc(Br)cc2C1=O. The summed E-state index contributed by atoms with van der Waals surface area (Å²) in [6, 6.07) is 5.59. The Morgan fingerprint density at radius 3 is 2.88 bits per heavy atom. The molecule has 0 aromatic heterocycles. The Kier molecular flexibility index (Phi) is 3.43. The molecule has 0 bridgehead atoms. The van der Waals surface area contributed by atoms with Crippen LogP contribution in [0.2, 0.25) is 0 Å². The van der Waals surface area contributed by atoms with E-state index in [1.165, 1.54) is 7.11 Å². The van der Waals surface area contributed by atoms with Crippen LogP contribution in [-0.4, -0.2) is 18.9 Å². The molecule has 0 spiro atoms. The number of hydrogen-bond acceptors (Lipinski definition) is 3. The fraction of sp³-hybridized carbons (Fsp3) is 0.231. The van der Waals surface area contributed by atoms with Gasteiger partial charge in [-0.3, -0.25) is 9.59 Å². The Hall–Kier alpha value is -1.42. The van der Waals surface area contributed by atoms with Crippen LogP contribution < -0.4 is 0 Å². The van der Waals surface area contributed by atoms with Gasteiger partial charge in [0.15, 0.2) is 5.78 Å². The van der Waals surface area contributed by atoms with Gasteiger partial charge in [0.1, 0.15) is 0 Å². The molecule has 0 fully saturated rings. The third kappa shape index (κ3) is 2.47. The number of ketones is 1. The monoisotopic (exact) mass is 294 g/mol. The molecule has 3 nitrogen and oxygen atoms in total. The van der Waals surface area contributed by atoms with Crippen molar-refractivity contribution in [2.45, 2.75) is 12.8 Å². The van der Waals surface area contributed by atoms with E-state index in [1.54, 1.807) is 6.07 Å². The number of rotatable bonds is 3. The van der Waals surface area contributed by atoms with E-state index in [1.807, 2.05) is 18.2 Å². The molecule has 0 amide bonds. The van der Waals surface area contributed by atoms with Crippen LogP contribution in [0.15, 0.2) is 28.2 Å². The van der Waals surface area contributed by atoms with Gasteiger partial charge in [0.2, 0.25) is 0 Å². The molecule has 0 atom stereocenters. The highest BCUT2D eigenvalue weighted by Gasteiger charge is 2.22. The normalized spacial score (nSPS) is 13.3. The van der Waals surface area contributed by atoms with Crippen LogP contribution >= 0.6 is 15.9 Å². The fourth-order valence-electron chi connectivity index (χ4n) is 1.80. The van der Waals surface area contributed by atoms with Crippen molar-refractivity contribution in [2.75, 3.05) is 7.11 Å². The van der Waals surface area contributed by atoms with Crippen molar-refractivity contribution in [3.05, 3.63) is 39.4 Å². The maximum atomic E-state index is 12.0. The number of hydrogen-bond donors (Lipinski definition) is 0. The molecule has 0 aliphatic heterocycles. The summed E-state index contributed by atoms with van der Waals surface area (Å²) in [6.07, 6.45) is 2.51. The minimum Gasteiger partial charge on any atom is -0.469 e. The Morgan fingerprint density at radius 2 is 2.18 bits per heavy atom. The fourth-order valence-corrected chi connectivity index (χ4v) is 2.16. The molecule has 1 aliphatic rings. The Morgan fingerprint density at radius 1 is 1.41 bits per heavy atom. The molecule has 1 aromatic rings. The average molecular weight is 295 g/mol. The van der Waals surface area contributed by atoms with Gasteiger partial charge in [-0.05, 0) is 30.2 Å². The molecule has 0 radical (unpaired) electrons. The third-order valence-electron chi connectivity index (χ3n) is 2.71. The van der Waals surface area contributed by atoms with E-state index >= 15 is 0 Å². The van der Waals surface area contributed by atoms with Gasteiger partial charge in [0.05, 0.1) is 7.11 Å². The topological polar surface area (TPSA) is 43.4 Å². The quantitative estimate of drug-likeness (QED) is 0.805. The molecular weight excluding hydrogens is 284 g/mol. The van der Waals surface area contributed by atoms with Crippen LogP contribution in [0, 0.1) is 0 Å². The zero-order valence-corrected chi connectivity index (χ0v) is 10.9. The minimum absolute atomic E-state index is 0.00482. The maximum Gasteiger partial charge on any atom is 0.305 e. The number of carbonyl (C=O) groups excluding carboxylic acids is 2. The highest BCUT2D eigenvalue weighted by molar-refractivity contribution is 9.10. The van der Waals surface area contributed by atoms with Crippen LogP contribution in [0.1, 0.15) is 28.8 Å². The molecule has 88 valence electrons. The summed E-state index contributed by atoms with van der Waals surface area (Å²) in [6.45, 7) is 0. The van der Waals surface area contributed by atoms with E-state index in [4.69, 9.17) is 0 Å². The first-order valence-corrected chi connectivity index (χ1v) is 6.03. The molecule has 0 saturated heterocycles. The zero-order chi connectivity index (χ0) is 12.4. The molecule has 0 heterocycles. The molecule has 1 aromatic carbocycles. The van der Waals surface area contributed by atoms with E-state index in [0.29, 0.717) is 17.6 Å². The number of esters is 1.